The molecule has 2 fully saturated rings. The van der Waals surface area contributed by atoms with E-state index >= 15 is 0 Å². The third kappa shape index (κ3) is 1.88. The number of aliphatic hydroxyl groups is 1. The highest BCUT2D eigenvalue weighted by Crippen LogP contribution is 2.40. The van der Waals surface area contributed by atoms with Gasteiger partial charge in [0.05, 0.1) is 11.4 Å². The molecule has 0 aromatic carbocycles. The van der Waals surface area contributed by atoms with Crippen molar-refractivity contribution < 1.29 is 14.6 Å². The first-order chi connectivity index (χ1) is 6.22. The molecule has 2 heterocycles. The second kappa shape index (κ2) is 4.04. The van der Waals surface area contributed by atoms with Gasteiger partial charge in [0.15, 0.2) is 6.29 Å². The van der Waals surface area contributed by atoms with Gasteiger partial charge in [0.1, 0.15) is 9.63 Å². The molecule has 4 atom stereocenters. The Morgan fingerprint density at radius 2 is 2.46 bits per heavy atom. The van der Waals surface area contributed by atoms with Crippen LogP contribution in [0.3, 0.4) is 0 Å². The summed E-state index contributed by atoms with van der Waals surface area (Å²) in [4.78, 5) is 0. The first-order valence-electron chi connectivity index (χ1n) is 3.92. The molecule has 0 aromatic rings. The van der Waals surface area contributed by atoms with E-state index in [1.807, 2.05) is 0 Å². The number of hydrogen-bond donors (Lipinski definition) is 1. The van der Waals surface area contributed by atoms with Crippen LogP contribution in [0, 0.1) is 0 Å². The monoisotopic (exact) mass is 238 g/mol. The Morgan fingerprint density at radius 1 is 1.69 bits per heavy atom. The number of rotatable bonds is 1. The first kappa shape index (κ1) is 10.2. The van der Waals surface area contributed by atoms with Crippen LogP contribution in [0.1, 0.15) is 0 Å². The molecule has 74 valence electrons. The fourth-order valence-corrected chi connectivity index (χ4v) is 4.33. The molecule has 0 aliphatic carbocycles. The van der Waals surface area contributed by atoms with Gasteiger partial charge < -0.3 is 14.6 Å². The SMILES string of the molecule is CO[C@@H]1O[C@@H]2CSC(=S)S[C@@H]2[C@H]1O. The summed E-state index contributed by atoms with van der Waals surface area (Å²) in [5, 5.41) is 9.82. The molecule has 3 nitrogen and oxygen atoms in total. The summed E-state index contributed by atoms with van der Waals surface area (Å²) in [6.45, 7) is 0. The maximum absolute atomic E-state index is 9.76. The predicted molar refractivity (Wildman–Crippen MR) is 58.1 cm³/mol. The molecule has 0 spiro atoms. The predicted octanol–water partition coefficient (Wildman–Crippen LogP) is 0.852. The molecule has 0 unspecified atom stereocenters. The lowest BCUT2D eigenvalue weighted by Crippen LogP contribution is -2.34. The van der Waals surface area contributed by atoms with E-state index in [0.717, 1.165) is 9.28 Å². The number of fused-ring (bicyclic) bond motifs is 1. The van der Waals surface area contributed by atoms with E-state index in [0.29, 0.717) is 0 Å². The topological polar surface area (TPSA) is 38.7 Å². The molecule has 0 radical (unpaired) electrons. The van der Waals surface area contributed by atoms with E-state index in [4.69, 9.17) is 21.7 Å². The Morgan fingerprint density at radius 3 is 3.15 bits per heavy atom. The van der Waals surface area contributed by atoms with Crippen LogP contribution in [0.4, 0.5) is 0 Å². The molecular formula is C7H10O3S3. The summed E-state index contributed by atoms with van der Waals surface area (Å²) in [6, 6.07) is 0. The lowest BCUT2D eigenvalue weighted by atomic mass is 10.2. The molecular weight excluding hydrogens is 228 g/mol. The molecule has 0 amide bonds. The van der Waals surface area contributed by atoms with Gasteiger partial charge in [-0.2, -0.15) is 0 Å². The molecule has 2 aliphatic heterocycles. The zero-order chi connectivity index (χ0) is 9.42. The third-order valence-corrected chi connectivity index (χ3v) is 5.18. The maximum atomic E-state index is 9.76. The number of ether oxygens (including phenoxy) is 2. The maximum Gasteiger partial charge on any atom is 0.184 e. The van der Waals surface area contributed by atoms with Crippen molar-refractivity contribution in [3.05, 3.63) is 0 Å². The standard InChI is InChI=1S/C7H10O3S3/c1-9-6-4(8)5-3(10-6)2-12-7(11)13-5/h3-6,8H,2H2,1H3/t3-,4-,5+,6-/m1/s1. The van der Waals surface area contributed by atoms with Crippen molar-refractivity contribution in [3.8, 4) is 0 Å². The minimum absolute atomic E-state index is 0.0544. The van der Waals surface area contributed by atoms with Crippen LogP contribution in [0.5, 0.6) is 0 Å². The molecule has 0 aromatic heterocycles. The first-order valence-corrected chi connectivity index (χ1v) is 6.19. The van der Waals surface area contributed by atoms with Gasteiger partial charge >= 0.3 is 0 Å². The molecule has 2 aliphatic rings. The average Bonchev–Trinajstić information content (AvgIpc) is 2.44. The van der Waals surface area contributed by atoms with Crippen molar-refractivity contribution in [2.45, 2.75) is 23.7 Å². The van der Waals surface area contributed by atoms with Crippen molar-refractivity contribution in [2.24, 2.45) is 0 Å². The summed E-state index contributed by atoms with van der Waals surface area (Å²) < 4.78 is 11.4. The Kier molecular flexibility index (Phi) is 3.17. The molecule has 13 heavy (non-hydrogen) atoms. The Hall–Kier alpha value is 0.670. The van der Waals surface area contributed by atoms with Crippen molar-refractivity contribution in [1.82, 2.24) is 0 Å². The summed E-state index contributed by atoms with van der Waals surface area (Å²) in [6.07, 6.45) is -0.968. The van der Waals surface area contributed by atoms with Crippen LogP contribution in [-0.4, -0.2) is 45.2 Å². The van der Waals surface area contributed by atoms with Gasteiger partial charge in [0.25, 0.3) is 0 Å². The largest absolute Gasteiger partial charge is 0.387 e. The second-order valence-corrected chi connectivity index (χ2v) is 6.31. The Labute approximate surface area is 90.5 Å². The highest BCUT2D eigenvalue weighted by Gasteiger charge is 2.46. The fraction of sp³-hybridized carbons (Fsp3) is 0.857. The number of hydrogen-bond acceptors (Lipinski definition) is 6. The van der Waals surface area contributed by atoms with Gasteiger partial charge in [0, 0.05) is 12.9 Å². The van der Waals surface area contributed by atoms with Crippen molar-refractivity contribution in [2.75, 3.05) is 12.9 Å². The number of thiocarbonyl (C=S) groups is 1. The van der Waals surface area contributed by atoms with Crippen LogP contribution >= 0.6 is 35.7 Å². The van der Waals surface area contributed by atoms with Crippen LogP contribution in [-0.2, 0) is 9.47 Å². The van der Waals surface area contributed by atoms with E-state index in [-0.39, 0.29) is 11.4 Å². The summed E-state index contributed by atoms with van der Waals surface area (Å²) in [5.74, 6) is 0.827. The second-order valence-electron chi connectivity index (χ2n) is 2.91. The van der Waals surface area contributed by atoms with E-state index in [1.165, 1.54) is 11.8 Å². The fourth-order valence-electron chi connectivity index (χ4n) is 1.48. The minimum Gasteiger partial charge on any atom is -0.387 e. The van der Waals surface area contributed by atoms with Crippen molar-refractivity contribution in [1.29, 1.82) is 0 Å². The van der Waals surface area contributed by atoms with Crippen LogP contribution in [0.25, 0.3) is 0 Å². The lowest BCUT2D eigenvalue weighted by molar-refractivity contribution is -0.144. The van der Waals surface area contributed by atoms with Crippen LogP contribution in [0.2, 0.25) is 0 Å². The van der Waals surface area contributed by atoms with E-state index in [9.17, 15) is 5.11 Å². The van der Waals surface area contributed by atoms with Gasteiger partial charge in [0.2, 0.25) is 0 Å². The van der Waals surface area contributed by atoms with Crippen LogP contribution < -0.4 is 0 Å². The molecule has 2 saturated heterocycles. The third-order valence-electron chi connectivity index (χ3n) is 2.12. The van der Waals surface area contributed by atoms with Gasteiger partial charge in [-0.3, -0.25) is 0 Å². The summed E-state index contributed by atoms with van der Waals surface area (Å²) >= 11 is 8.21. The summed E-state index contributed by atoms with van der Waals surface area (Å²) in [7, 11) is 1.54. The number of aliphatic hydroxyl groups excluding tert-OH is 1. The number of methoxy groups -OCH3 is 1. The molecule has 0 saturated carbocycles. The highest BCUT2D eigenvalue weighted by molar-refractivity contribution is 8.47. The highest BCUT2D eigenvalue weighted by atomic mass is 32.2. The lowest BCUT2D eigenvalue weighted by Gasteiger charge is -2.23. The molecule has 0 bridgehead atoms. The van der Waals surface area contributed by atoms with Gasteiger partial charge in [-0.1, -0.05) is 24.0 Å². The Bertz CT molecular complexity index is 221. The quantitative estimate of drug-likeness (QED) is 0.683. The Balaban J connectivity index is 2.07. The van der Waals surface area contributed by atoms with E-state index in [1.54, 1.807) is 18.9 Å². The van der Waals surface area contributed by atoms with E-state index < -0.39 is 12.4 Å². The zero-order valence-corrected chi connectivity index (χ0v) is 9.45. The van der Waals surface area contributed by atoms with Gasteiger partial charge in [-0.15, -0.1) is 11.8 Å². The number of thioether (sulfide) groups is 2. The van der Waals surface area contributed by atoms with Gasteiger partial charge in [-0.05, 0) is 0 Å². The molecule has 2 rings (SSSR count). The molecule has 1 N–H and O–H groups in total. The minimum atomic E-state index is -0.557. The van der Waals surface area contributed by atoms with Gasteiger partial charge in [-0.25, -0.2) is 0 Å². The van der Waals surface area contributed by atoms with Crippen molar-refractivity contribution in [3.63, 3.8) is 0 Å². The normalized spacial score (nSPS) is 44.9. The van der Waals surface area contributed by atoms with Crippen molar-refractivity contribution >= 4 is 39.3 Å². The smallest absolute Gasteiger partial charge is 0.184 e. The zero-order valence-electron chi connectivity index (χ0n) is 7.00. The van der Waals surface area contributed by atoms with Crippen LogP contribution in [0.15, 0.2) is 0 Å². The van der Waals surface area contributed by atoms with E-state index in [2.05, 4.69) is 0 Å². The molecule has 6 heteroatoms. The summed E-state index contributed by atoms with van der Waals surface area (Å²) in [5.41, 5.74) is 0. The average molecular weight is 238 g/mol.